The van der Waals surface area contributed by atoms with Gasteiger partial charge in [-0.3, -0.25) is 9.89 Å². The Labute approximate surface area is 160 Å². The smallest absolute Gasteiger partial charge is 0.193 e. The number of aryl methyl sites for hydroxylation is 2. The zero-order chi connectivity index (χ0) is 19.1. The average Bonchev–Trinajstić information content (AvgIpc) is 3.07. The minimum absolute atomic E-state index is 0.171. The van der Waals surface area contributed by atoms with Crippen LogP contribution in [-0.2, 0) is 13.0 Å². The zero-order valence-electron chi connectivity index (χ0n) is 16.1. The number of aromatic nitrogens is 1. The van der Waals surface area contributed by atoms with E-state index >= 15 is 0 Å². The van der Waals surface area contributed by atoms with Crippen LogP contribution in [0.2, 0.25) is 0 Å². The number of halogens is 1. The molecule has 0 saturated carbocycles. The summed E-state index contributed by atoms with van der Waals surface area (Å²) < 4.78 is 18.4. The van der Waals surface area contributed by atoms with Gasteiger partial charge in [-0.25, -0.2) is 4.39 Å². The molecule has 0 spiro atoms. The Balaban J connectivity index is 1.38. The first-order chi connectivity index (χ1) is 13.1. The van der Waals surface area contributed by atoms with E-state index in [1.54, 1.807) is 12.1 Å². The number of hydrogen-bond donors (Lipinski definition) is 1. The fourth-order valence-electron chi connectivity index (χ4n) is 3.36. The van der Waals surface area contributed by atoms with Gasteiger partial charge in [0.25, 0.3) is 0 Å². The molecule has 1 N–H and O–H groups in total. The van der Waals surface area contributed by atoms with Crippen LogP contribution in [0, 0.1) is 12.7 Å². The van der Waals surface area contributed by atoms with E-state index in [0.717, 1.165) is 75.1 Å². The number of nitrogens with one attached hydrogen (secondary N) is 1. The van der Waals surface area contributed by atoms with Crippen LogP contribution in [0.4, 0.5) is 4.39 Å². The summed E-state index contributed by atoms with van der Waals surface area (Å²) in [4.78, 5) is 9.07. The largest absolute Gasteiger partial charge is 0.361 e. The second kappa shape index (κ2) is 9.50. The van der Waals surface area contributed by atoms with Crippen molar-refractivity contribution in [1.29, 1.82) is 0 Å². The molecule has 0 atom stereocenters. The molecule has 1 aromatic carbocycles. The molecule has 2 aromatic rings. The summed E-state index contributed by atoms with van der Waals surface area (Å²) in [5, 5.41) is 7.50. The molecule has 1 fully saturated rings. The molecule has 6 nitrogen and oxygen atoms in total. The van der Waals surface area contributed by atoms with E-state index in [9.17, 15) is 4.39 Å². The minimum Gasteiger partial charge on any atom is -0.361 e. The highest BCUT2D eigenvalue weighted by atomic mass is 19.1. The van der Waals surface area contributed by atoms with Gasteiger partial charge in [-0.2, -0.15) is 0 Å². The van der Waals surface area contributed by atoms with Crippen molar-refractivity contribution in [3.63, 3.8) is 0 Å². The molecular weight excluding hydrogens is 345 g/mol. The second-order valence-corrected chi connectivity index (χ2v) is 6.90. The number of piperazine rings is 1. The van der Waals surface area contributed by atoms with Crippen molar-refractivity contribution in [2.75, 3.05) is 39.8 Å². The molecule has 0 aliphatic carbocycles. The predicted octanol–water partition coefficient (Wildman–Crippen LogP) is 2.45. The van der Waals surface area contributed by atoms with Crippen molar-refractivity contribution in [3.05, 3.63) is 53.2 Å². The quantitative estimate of drug-likeness (QED) is 0.479. The van der Waals surface area contributed by atoms with Crippen LogP contribution in [-0.4, -0.2) is 60.7 Å². The molecule has 0 unspecified atom stereocenters. The van der Waals surface area contributed by atoms with E-state index < -0.39 is 0 Å². The average molecular weight is 373 g/mol. The summed E-state index contributed by atoms with van der Waals surface area (Å²) >= 11 is 0. The first-order valence-electron chi connectivity index (χ1n) is 9.48. The third kappa shape index (κ3) is 5.79. The molecule has 146 valence electrons. The lowest BCUT2D eigenvalue weighted by molar-refractivity contribution is 0.169. The van der Waals surface area contributed by atoms with Gasteiger partial charge < -0.3 is 14.7 Å². The van der Waals surface area contributed by atoms with Crippen LogP contribution in [0.5, 0.6) is 0 Å². The summed E-state index contributed by atoms with van der Waals surface area (Å²) in [7, 11) is 1.82. The van der Waals surface area contributed by atoms with Crippen molar-refractivity contribution in [1.82, 2.24) is 20.3 Å². The maximum atomic E-state index is 13.2. The highest BCUT2D eigenvalue weighted by Crippen LogP contribution is 2.09. The first kappa shape index (κ1) is 19.4. The fraction of sp³-hybridized carbons (Fsp3) is 0.500. The van der Waals surface area contributed by atoms with Gasteiger partial charge in [-0.05, 0) is 37.5 Å². The topological polar surface area (TPSA) is 56.9 Å². The van der Waals surface area contributed by atoms with E-state index in [1.807, 2.05) is 26.1 Å². The predicted molar refractivity (Wildman–Crippen MR) is 104 cm³/mol. The number of aliphatic imine (C=N–C) groups is 1. The lowest BCUT2D eigenvalue weighted by Gasteiger charge is -2.36. The highest BCUT2D eigenvalue weighted by molar-refractivity contribution is 5.79. The van der Waals surface area contributed by atoms with Gasteiger partial charge >= 0.3 is 0 Å². The van der Waals surface area contributed by atoms with Crippen LogP contribution in [0.3, 0.4) is 0 Å². The van der Waals surface area contributed by atoms with Crippen molar-refractivity contribution >= 4 is 5.96 Å². The van der Waals surface area contributed by atoms with Gasteiger partial charge in [0.05, 0.1) is 5.69 Å². The summed E-state index contributed by atoms with van der Waals surface area (Å²) in [6.45, 7) is 7.36. The van der Waals surface area contributed by atoms with E-state index in [0.29, 0.717) is 0 Å². The lowest BCUT2D eigenvalue weighted by Crippen LogP contribution is -2.52. The van der Waals surface area contributed by atoms with Crippen LogP contribution in [0.15, 0.2) is 39.8 Å². The number of benzene rings is 1. The molecular formula is C20H28FN5O. The monoisotopic (exact) mass is 373 g/mol. The van der Waals surface area contributed by atoms with E-state index in [1.165, 1.54) is 6.07 Å². The zero-order valence-corrected chi connectivity index (χ0v) is 16.1. The second-order valence-electron chi connectivity index (χ2n) is 6.90. The van der Waals surface area contributed by atoms with Crippen molar-refractivity contribution in [2.24, 2.45) is 4.99 Å². The van der Waals surface area contributed by atoms with Gasteiger partial charge in [-0.1, -0.05) is 17.3 Å². The molecule has 1 saturated heterocycles. The van der Waals surface area contributed by atoms with E-state index in [4.69, 9.17) is 4.52 Å². The van der Waals surface area contributed by atoms with Gasteiger partial charge in [0.2, 0.25) is 0 Å². The first-order valence-corrected chi connectivity index (χ1v) is 9.48. The highest BCUT2D eigenvalue weighted by Gasteiger charge is 2.20. The number of hydrogen-bond acceptors (Lipinski definition) is 4. The van der Waals surface area contributed by atoms with Crippen LogP contribution >= 0.6 is 0 Å². The van der Waals surface area contributed by atoms with Crippen molar-refractivity contribution < 1.29 is 8.91 Å². The molecule has 0 amide bonds. The molecule has 1 aliphatic rings. The number of nitrogens with zero attached hydrogens (tertiary/aromatic N) is 4. The maximum Gasteiger partial charge on any atom is 0.193 e. The summed E-state index contributed by atoms with van der Waals surface area (Å²) in [6, 6.07) is 8.80. The molecule has 0 radical (unpaired) electrons. The molecule has 2 heterocycles. The molecule has 0 bridgehead atoms. The molecule has 27 heavy (non-hydrogen) atoms. The van der Waals surface area contributed by atoms with Gasteiger partial charge in [0, 0.05) is 52.4 Å². The third-order valence-corrected chi connectivity index (χ3v) is 4.76. The Morgan fingerprint density at radius 3 is 2.74 bits per heavy atom. The standard InChI is InChI=1S/C20H28FN5O/c1-16-13-19(24-27-16)15-25-9-11-26(12-10-25)20(22-2)23-8-4-6-17-5-3-7-18(21)14-17/h3,5,7,13-14H,4,6,8-12,15H2,1-2H3,(H,22,23). The Bertz CT molecular complexity index is 752. The fourth-order valence-corrected chi connectivity index (χ4v) is 3.36. The Morgan fingerprint density at radius 2 is 2.07 bits per heavy atom. The van der Waals surface area contributed by atoms with Gasteiger partial charge in [0.15, 0.2) is 5.96 Å². The van der Waals surface area contributed by atoms with Gasteiger partial charge in [0.1, 0.15) is 11.6 Å². The maximum absolute atomic E-state index is 13.2. The molecule has 7 heteroatoms. The van der Waals surface area contributed by atoms with Crippen LogP contribution in [0.1, 0.15) is 23.4 Å². The van der Waals surface area contributed by atoms with E-state index in [2.05, 4.69) is 25.3 Å². The minimum atomic E-state index is -0.171. The van der Waals surface area contributed by atoms with Crippen LogP contribution in [0.25, 0.3) is 0 Å². The Kier molecular flexibility index (Phi) is 6.81. The molecule has 3 rings (SSSR count). The summed E-state index contributed by atoms with van der Waals surface area (Å²) in [5.41, 5.74) is 2.02. The third-order valence-electron chi connectivity index (χ3n) is 4.76. The summed E-state index contributed by atoms with van der Waals surface area (Å²) in [6.07, 6.45) is 1.79. The normalized spacial score (nSPS) is 16.0. The number of rotatable bonds is 6. The molecule has 1 aromatic heterocycles. The van der Waals surface area contributed by atoms with E-state index in [-0.39, 0.29) is 5.82 Å². The lowest BCUT2D eigenvalue weighted by atomic mass is 10.1. The Hall–Kier alpha value is -2.41. The summed E-state index contributed by atoms with van der Waals surface area (Å²) in [5.74, 6) is 1.62. The SMILES string of the molecule is CN=C(NCCCc1cccc(F)c1)N1CCN(Cc2cc(C)on2)CC1. The number of guanidine groups is 1. The Morgan fingerprint density at radius 1 is 1.26 bits per heavy atom. The van der Waals surface area contributed by atoms with Crippen molar-refractivity contribution in [2.45, 2.75) is 26.3 Å². The van der Waals surface area contributed by atoms with Crippen molar-refractivity contribution in [3.8, 4) is 0 Å². The molecule has 1 aliphatic heterocycles. The van der Waals surface area contributed by atoms with Gasteiger partial charge in [-0.15, -0.1) is 0 Å². The van der Waals surface area contributed by atoms with Crippen LogP contribution < -0.4 is 5.32 Å².